The molecule has 0 fully saturated rings. The molecule has 1 heterocycles. The van der Waals surface area contributed by atoms with E-state index in [1.54, 1.807) is 19.3 Å². The van der Waals surface area contributed by atoms with Crippen molar-refractivity contribution in [2.75, 3.05) is 7.05 Å². The van der Waals surface area contributed by atoms with Crippen molar-refractivity contribution in [1.29, 1.82) is 0 Å². The summed E-state index contributed by atoms with van der Waals surface area (Å²) in [6.07, 6.45) is 2.32. The van der Waals surface area contributed by atoms with Crippen LogP contribution in [-0.4, -0.2) is 36.3 Å². The maximum absolute atomic E-state index is 12.6. The van der Waals surface area contributed by atoms with Gasteiger partial charge in [-0.25, -0.2) is 8.42 Å². The zero-order valence-corrected chi connectivity index (χ0v) is 14.1. The van der Waals surface area contributed by atoms with E-state index in [9.17, 15) is 8.42 Å². The van der Waals surface area contributed by atoms with Gasteiger partial charge in [0.1, 0.15) is 0 Å². The third-order valence-electron chi connectivity index (χ3n) is 3.79. The number of aromatic amines is 1. The fourth-order valence-electron chi connectivity index (χ4n) is 1.69. The van der Waals surface area contributed by atoms with Crippen LogP contribution in [0.3, 0.4) is 0 Å². The van der Waals surface area contributed by atoms with Crippen molar-refractivity contribution in [3.05, 3.63) is 18.0 Å². The largest absolute Gasteiger partial charge is 0.363 e. The molecule has 0 amide bonds. The van der Waals surface area contributed by atoms with Crippen molar-refractivity contribution in [1.82, 2.24) is 14.6 Å². The quantitative estimate of drug-likeness (QED) is 0.812. The number of hydrogen-bond acceptors (Lipinski definition) is 3. The van der Waals surface area contributed by atoms with E-state index in [0.29, 0.717) is 17.5 Å². The van der Waals surface area contributed by atoms with Crippen LogP contribution in [0.5, 0.6) is 0 Å². The van der Waals surface area contributed by atoms with E-state index in [0.717, 1.165) is 12.1 Å². The summed E-state index contributed by atoms with van der Waals surface area (Å²) in [5, 5.41) is 3.26. The molecule has 6 heteroatoms. The Balaban J connectivity index is 2.94. The lowest BCUT2D eigenvalue weighted by molar-refractivity contribution is 0.257. The van der Waals surface area contributed by atoms with E-state index in [1.807, 2.05) is 20.8 Å². The van der Waals surface area contributed by atoms with Crippen molar-refractivity contribution in [3.8, 4) is 0 Å². The van der Waals surface area contributed by atoms with Gasteiger partial charge in [-0.1, -0.05) is 20.8 Å². The monoisotopic (exact) mass is 301 g/mol. The SMILES string of the molecule is CCC(C)(C)N(C)S(=O)(=O)c1c[nH]c(CNC(C)C)c1. The molecule has 1 rings (SSSR count). The molecule has 1 aromatic heterocycles. The molecule has 0 unspecified atom stereocenters. The van der Waals surface area contributed by atoms with Gasteiger partial charge in [0.25, 0.3) is 0 Å². The molecule has 20 heavy (non-hydrogen) atoms. The van der Waals surface area contributed by atoms with Crippen LogP contribution in [0.1, 0.15) is 46.7 Å². The Hall–Kier alpha value is -0.850. The summed E-state index contributed by atoms with van der Waals surface area (Å²) >= 11 is 0. The average molecular weight is 301 g/mol. The van der Waals surface area contributed by atoms with Gasteiger partial charge in [-0.15, -0.1) is 0 Å². The van der Waals surface area contributed by atoms with E-state index in [-0.39, 0.29) is 0 Å². The summed E-state index contributed by atoms with van der Waals surface area (Å²) in [5.41, 5.74) is 0.479. The summed E-state index contributed by atoms with van der Waals surface area (Å²) in [7, 11) is -1.82. The van der Waals surface area contributed by atoms with Crippen LogP contribution in [0.15, 0.2) is 17.2 Å². The Morgan fingerprint density at radius 2 is 2.00 bits per heavy atom. The predicted octanol–water partition coefficient (Wildman–Crippen LogP) is 2.32. The maximum Gasteiger partial charge on any atom is 0.244 e. The molecule has 0 atom stereocenters. The maximum atomic E-state index is 12.6. The first-order valence-electron chi connectivity index (χ1n) is 7.01. The highest BCUT2D eigenvalue weighted by Gasteiger charge is 2.33. The van der Waals surface area contributed by atoms with Gasteiger partial charge in [0.2, 0.25) is 10.0 Å². The molecule has 0 radical (unpaired) electrons. The van der Waals surface area contributed by atoms with E-state index < -0.39 is 15.6 Å². The molecular formula is C14H27N3O2S. The molecule has 116 valence electrons. The van der Waals surface area contributed by atoms with Gasteiger partial charge in [0.15, 0.2) is 0 Å². The fourth-order valence-corrected chi connectivity index (χ4v) is 3.29. The predicted molar refractivity (Wildman–Crippen MR) is 82.1 cm³/mol. The first kappa shape index (κ1) is 17.2. The van der Waals surface area contributed by atoms with E-state index in [1.165, 1.54) is 4.31 Å². The zero-order chi connectivity index (χ0) is 15.6. The van der Waals surface area contributed by atoms with Crippen LogP contribution in [0, 0.1) is 0 Å². The molecule has 1 aromatic rings. The summed E-state index contributed by atoms with van der Waals surface area (Å²) in [5.74, 6) is 0. The number of rotatable bonds is 7. The number of H-pyrrole nitrogens is 1. The van der Waals surface area contributed by atoms with E-state index >= 15 is 0 Å². The molecule has 0 spiro atoms. The number of nitrogens with one attached hydrogen (secondary N) is 2. The third kappa shape index (κ3) is 3.84. The van der Waals surface area contributed by atoms with Crippen LogP contribution in [0.4, 0.5) is 0 Å². The van der Waals surface area contributed by atoms with E-state index in [4.69, 9.17) is 0 Å². The Bertz CT molecular complexity index is 532. The van der Waals surface area contributed by atoms with Crippen LogP contribution in [0.25, 0.3) is 0 Å². The molecule has 2 N–H and O–H groups in total. The molecular weight excluding hydrogens is 274 g/mol. The second-order valence-corrected chi connectivity index (χ2v) is 8.00. The van der Waals surface area contributed by atoms with Crippen LogP contribution < -0.4 is 5.32 Å². The van der Waals surface area contributed by atoms with Crippen molar-refractivity contribution in [2.45, 2.75) is 64.1 Å². The smallest absolute Gasteiger partial charge is 0.244 e. The summed E-state index contributed by atoms with van der Waals surface area (Å²) in [6, 6.07) is 2.06. The van der Waals surface area contributed by atoms with Gasteiger partial charge in [0, 0.05) is 37.1 Å². The molecule has 5 nitrogen and oxygen atoms in total. The Morgan fingerprint density at radius 3 is 2.50 bits per heavy atom. The Labute approximate surface area is 122 Å². The zero-order valence-electron chi connectivity index (χ0n) is 13.3. The number of sulfonamides is 1. The molecule has 0 saturated heterocycles. The number of nitrogens with zero attached hydrogens (tertiary/aromatic N) is 1. The summed E-state index contributed by atoms with van der Waals surface area (Å²) in [4.78, 5) is 3.34. The molecule has 0 bridgehead atoms. The molecule has 0 aliphatic rings. The standard InChI is InChI=1S/C14H27N3O2S/c1-7-14(4,5)17(6)20(18,19)13-8-12(16-10-13)9-15-11(2)3/h8,10-11,15-16H,7,9H2,1-6H3. The van der Waals surface area contributed by atoms with E-state index in [2.05, 4.69) is 24.1 Å². The van der Waals surface area contributed by atoms with Gasteiger partial charge in [-0.05, 0) is 26.3 Å². The van der Waals surface area contributed by atoms with Crippen LogP contribution in [-0.2, 0) is 16.6 Å². The number of hydrogen-bond donors (Lipinski definition) is 2. The van der Waals surface area contributed by atoms with Crippen molar-refractivity contribution < 1.29 is 8.42 Å². The number of aromatic nitrogens is 1. The Morgan fingerprint density at radius 1 is 1.40 bits per heavy atom. The van der Waals surface area contributed by atoms with Crippen molar-refractivity contribution in [3.63, 3.8) is 0 Å². The minimum absolute atomic E-state index is 0.321. The minimum Gasteiger partial charge on any atom is -0.363 e. The topological polar surface area (TPSA) is 65.2 Å². The second-order valence-electron chi connectivity index (χ2n) is 6.03. The molecule has 0 aromatic carbocycles. The molecule has 0 aliphatic carbocycles. The van der Waals surface area contributed by atoms with Crippen LogP contribution in [0.2, 0.25) is 0 Å². The van der Waals surface area contributed by atoms with Crippen molar-refractivity contribution in [2.24, 2.45) is 0 Å². The fraction of sp³-hybridized carbons (Fsp3) is 0.714. The normalized spacial score (nSPS) is 13.4. The lowest BCUT2D eigenvalue weighted by Gasteiger charge is -2.33. The lowest BCUT2D eigenvalue weighted by atomic mass is 10.0. The van der Waals surface area contributed by atoms with Gasteiger partial charge in [0.05, 0.1) is 4.90 Å². The summed E-state index contributed by atoms with van der Waals surface area (Å²) in [6.45, 7) is 10.6. The van der Waals surface area contributed by atoms with Gasteiger partial charge in [-0.3, -0.25) is 0 Å². The first-order valence-corrected chi connectivity index (χ1v) is 8.45. The highest BCUT2D eigenvalue weighted by molar-refractivity contribution is 7.89. The highest BCUT2D eigenvalue weighted by Crippen LogP contribution is 2.25. The van der Waals surface area contributed by atoms with Gasteiger partial charge in [-0.2, -0.15) is 4.31 Å². The highest BCUT2D eigenvalue weighted by atomic mass is 32.2. The Kier molecular flexibility index (Phi) is 5.40. The van der Waals surface area contributed by atoms with Gasteiger partial charge < -0.3 is 10.3 Å². The second kappa shape index (κ2) is 6.28. The van der Waals surface area contributed by atoms with Crippen LogP contribution >= 0.6 is 0 Å². The lowest BCUT2D eigenvalue weighted by Crippen LogP contribution is -2.44. The molecule has 0 aliphatic heterocycles. The minimum atomic E-state index is -3.45. The summed E-state index contributed by atoms with van der Waals surface area (Å²) < 4.78 is 26.6. The third-order valence-corrected chi connectivity index (χ3v) is 5.84. The average Bonchev–Trinajstić information content (AvgIpc) is 2.84. The van der Waals surface area contributed by atoms with Crippen molar-refractivity contribution >= 4 is 10.0 Å². The van der Waals surface area contributed by atoms with Gasteiger partial charge >= 0.3 is 0 Å². The first-order chi connectivity index (χ1) is 9.11. The molecule has 0 saturated carbocycles.